The Hall–Kier alpha value is -1.31. The smallest absolute Gasteiger partial charge is 0.207 e. The van der Waals surface area contributed by atoms with E-state index in [1.54, 1.807) is 0 Å². The van der Waals surface area contributed by atoms with E-state index in [4.69, 9.17) is 0 Å². The first-order valence-electron chi connectivity index (χ1n) is 7.06. The van der Waals surface area contributed by atoms with Crippen molar-refractivity contribution in [3.05, 3.63) is 35.9 Å². The molecule has 1 amide bonds. The van der Waals surface area contributed by atoms with Gasteiger partial charge < -0.3 is 5.32 Å². The molecule has 0 spiro atoms. The predicted molar refractivity (Wildman–Crippen MR) is 78.6 cm³/mol. The Morgan fingerprint density at radius 3 is 2.22 bits per heavy atom. The van der Waals surface area contributed by atoms with Crippen LogP contribution in [0.1, 0.15) is 51.5 Å². The van der Waals surface area contributed by atoms with E-state index >= 15 is 0 Å². The van der Waals surface area contributed by atoms with Gasteiger partial charge in [-0.25, -0.2) is 0 Å². The number of hydrogen-bond donors (Lipinski definition) is 1. The third kappa shape index (κ3) is 11.2. The first-order chi connectivity index (χ1) is 8.85. The van der Waals surface area contributed by atoms with Gasteiger partial charge in [-0.2, -0.15) is 0 Å². The predicted octanol–water partition coefficient (Wildman–Crippen LogP) is 3.95. The average molecular weight is 249 g/mol. The van der Waals surface area contributed by atoms with E-state index < -0.39 is 0 Å². The van der Waals surface area contributed by atoms with E-state index in [0.29, 0.717) is 6.41 Å². The number of benzene rings is 1. The molecule has 102 valence electrons. The second kappa shape index (κ2) is 13.8. The minimum absolute atomic E-state index is 0.712. The minimum atomic E-state index is 0.712. The van der Waals surface area contributed by atoms with Crippen LogP contribution in [0.15, 0.2) is 30.3 Å². The summed E-state index contributed by atoms with van der Waals surface area (Å²) in [4.78, 5) is 9.45. The second-order valence-electron chi connectivity index (χ2n) is 4.37. The summed E-state index contributed by atoms with van der Waals surface area (Å²) in [6, 6.07) is 10.7. The zero-order valence-electron chi connectivity index (χ0n) is 11.8. The zero-order valence-corrected chi connectivity index (χ0v) is 11.8. The Bertz CT molecular complexity index is 272. The molecule has 18 heavy (non-hydrogen) atoms. The van der Waals surface area contributed by atoms with Gasteiger partial charge in [0.15, 0.2) is 0 Å². The van der Waals surface area contributed by atoms with Crippen LogP contribution in [0.25, 0.3) is 0 Å². The Morgan fingerprint density at radius 2 is 1.72 bits per heavy atom. The summed E-state index contributed by atoms with van der Waals surface area (Å²) in [5, 5.41) is 2.52. The van der Waals surface area contributed by atoms with E-state index in [1.165, 1.54) is 37.7 Å². The molecular weight excluding hydrogens is 222 g/mol. The van der Waals surface area contributed by atoms with Gasteiger partial charge >= 0.3 is 0 Å². The molecule has 0 aromatic heterocycles. The van der Waals surface area contributed by atoms with E-state index in [1.807, 2.05) is 6.92 Å². The average Bonchev–Trinajstić information content (AvgIpc) is 2.43. The van der Waals surface area contributed by atoms with Gasteiger partial charge in [-0.05, 0) is 24.8 Å². The lowest BCUT2D eigenvalue weighted by Gasteiger charge is -1.99. The third-order valence-corrected chi connectivity index (χ3v) is 2.64. The molecule has 0 unspecified atom stereocenters. The number of aryl methyl sites for hydroxylation is 1. The fourth-order valence-electron chi connectivity index (χ4n) is 1.60. The molecule has 0 aliphatic heterocycles. The normalized spacial score (nSPS) is 9.22. The molecule has 0 atom stereocenters. The summed E-state index contributed by atoms with van der Waals surface area (Å²) in [6.07, 6.45) is 8.41. The molecule has 0 saturated carbocycles. The summed E-state index contributed by atoms with van der Waals surface area (Å²) in [5.74, 6) is 0. The van der Waals surface area contributed by atoms with Gasteiger partial charge in [0.05, 0.1) is 0 Å². The first-order valence-corrected chi connectivity index (χ1v) is 7.06. The van der Waals surface area contributed by atoms with Crippen molar-refractivity contribution in [2.45, 2.75) is 52.4 Å². The third-order valence-electron chi connectivity index (χ3n) is 2.64. The lowest BCUT2D eigenvalue weighted by Crippen LogP contribution is -2.10. The van der Waals surface area contributed by atoms with Crippen molar-refractivity contribution in [3.8, 4) is 0 Å². The van der Waals surface area contributed by atoms with E-state index in [0.717, 1.165) is 13.0 Å². The highest BCUT2D eigenvalue weighted by molar-refractivity contribution is 5.45. The van der Waals surface area contributed by atoms with Crippen molar-refractivity contribution in [1.29, 1.82) is 0 Å². The van der Waals surface area contributed by atoms with Crippen LogP contribution < -0.4 is 5.32 Å². The molecule has 0 bridgehead atoms. The van der Waals surface area contributed by atoms with Crippen molar-refractivity contribution in [1.82, 2.24) is 5.32 Å². The van der Waals surface area contributed by atoms with Crippen molar-refractivity contribution < 1.29 is 4.79 Å². The molecule has 0 aliphatic carbocycles. The van der Waals surface area contributed by atoms with Crippen LogP contribution in [0.3, 0.4) is 0 Å². The Labute approximate surface area is 112 Å². The quantitative estimate of drug-likeness (QED) is 0.548. The maximum absolute atomic E-state index is 9.45. The van der Waals surface area contributed by atoms with Crippen molar-refractivity contribution in [2.24, 2.45) is 0 Å². The number of rotatable bonds is 8. The molecule has 0 saturated heterocycles. The van der Waals surface area contributed by atoms with Gasteiger partial charge in [0.25, 0.3) is 0 Å². The molecule has 1 aromatic carbocycles. The van der Waals surface area contributed by atoms with Crippen LogP contribution in [0.2, 0.25) is 0 Å². The van der Waals surface area contributed by atoms with Crippen molar-refractivity contribution in [3.63, 3.8) is 0 Å². The second-order valence-corrected chi connectivity index (χ2v) is 4.37. The maximum atomic E-state index is 9.45. The van der Waals surface area contributed by atoms with Gasteiger partial charge in [-0.15, -0.1) is 0 Å². The van der Waals surface area contributed by atoms with E-state index in [9.17, 15) is 4.79 Å². The highest BCUT2D eigenvalue weighted by atomic mass is 16.1. The Kier molecular flexibility index (Phi) is 12.8. The van der Waals surface area contributed by atoms with Gasteiger partial charge in [-0.1, -0.05) is 63.4 Å². The van der Waals surface area contributed by atoms with Crippen LogP contribution in [0.4, 0.5) is 0 Å². The van der Waals surface area contributed by atoms with E-state index in [2.05, 4.69) is 42.6 Å². The van der Waals surface area contributed by atoms with Gasteiger partial charge in [0, 0.05) is 6.54 Å². The maximum Gasteiger partial charge on any atom is 0.207 e. The molecule has 1 aromatic rings. The monoisotopic (exact) mass is 249 g/mol. The molecule has 0 fully saturated rings. The Morgan fingerprint density at radius 1 is 1.00 bits per heavy atom. The first kappa shape index (κ1) is 16.7. The summed E-state index contributed by atoms with van der Waals surface area (Å²) < 4.78 is 0. The molecule has 2 heteroatoms. The van der Waals surface area contributed by atoms with Crippen LogP contribution >= 0.6 is 0 Å². The molecule has 1 N–H and O–H groups in total. The van der Waals surface area contributed by atoms with Gasteiger partial charge in [0.2, 0.25) is 6.41 Å². The van der Waals surface area contributed by atoms with Crippen molar-refractivity contribution in [2.75, 3.05) is 6.54 Å². The van der Waals surface area contributed by atoms with Crippen LogP contribution in [-0.2, 0) is 11.2 Å². The van der Waals surface area contributed by atoms with Crippen LogP contribution in [-0.4, -0.2) is 13.0 Å². The number of amides is 1. The number of carbonyl (C=O) groups is 1. The molecule has 0 heterocycles. The van der Waals surface area contributed by atoms with Gasteiger partial charge in [0.1, 0.15) is 0 Å². The Balaban J connectivity index is 0.000000411. The molecular formula is C16H27NO. The van der Waals surface area contributed by atoms with Gasteiger partial charge in [-0.3, -0.25) is 4.79 Å². The standard InChI is InChI=1S/C12H18.C4H9NO/c1-2-3-4-6-9-12-10-7-5-8-11-12;1-2-3-5-4-6/h5,7-8,10-11H,2-4,6,9H2,1H3;4H,2-3H2,1H3,(H,5,6). The zero-order chi connectivity index (χ0) is 13.5. The molecule has 0 radical (unpaired) electrons. The fraction of sp³-hybridized carbons (Fsp3) is 0.562. The number of hydrogen-bond acceptors (Lipinski definition) is 1. The van der Waals surface area contributed by atoms with E-state index in [-0.39, 0.29) is 0 Å². The van der Waals surface area contributed by atoms with Crippen LogP contribution in [0, 0.1) is 0 Å². The van der Waals surface area contributed by atoms with Crippen LogP contribution in [0.5, 0.6) is 0 Å². The largest absolute Gasteiger partial charge is 0.359 e. The lowest BCUT2D eigenvalue weighted by molar-refractivity contribution is -0.109. The lowest BCUT2D eigenvalue weighted by atomic mass is 10.1. The minimum Gasteiger partial charge on any atom is -0.359 e. The number of nitrogens with one attached hydrogen (secondary N) is 1. The molecule has 0 aliphatic rings. The summed E-state index contributed by atoms with van der Waals surface area (Å²) in [5.41, 5.74) is 1.48. The number of unbranched alkanes of at least 4 members (excludes halogenated alkanes) is 3. The highest BCUT2D eigenvalue weighted by Gasteiger charge is 1.90. The SMILES string of the molecule is CCCCCCc1ccccc1.CCCNC=O. The molecule has 1 rings (SSSR count). The highest BCUT2D eigenvalue weighted by Crippen LogP contribution is 2.06. The van der Waals surface area contributed by atoms with Crippen molar-refractivity contribution >= 4 is 6.41 Å². The summed E-state index contributed by atoms with van der Waals surface area (Å²) in [6.45, 7) is 5.06. The number of carbonyl (C=O) groups excluding carboxylic acids is 1. The fourth-order valence-corrected chi connectivity index (χ4v) is 1.60. The molecule has 2 nitrogen and oxygen atoms in total. The summed E-state index contributed by atoms with van der Waals surface area (Å²) in [7, 11) is 0. The topological polar surface area (TPSA) is 29.1 Å². The summed E-state index contributed by atoms with van der Waals surface area (Å²) >= 11 is 0.